The van der Waals surface area contributed by atoms with Crippen LogP contribution in [0.15, 0.2) is 66.2 Å². The normalized spacial score (nSPS) is 14.8. The van der Waals surface area contributed by atoms with Gasteiger partial charge in [-0.1, -0.05) is 47.5 Å². The first-order valence-electron chi connectivity index (χ1n) is 10.2. The average Bonchev–Trinajstić information content (AvgIpc) is 2.82. The standard InChI is InChI=1S/C25H17Cl2FN2O5/c1-34-22-11-14(6-9-21(22)35-13-15-7-8-16(26)12-18(15)27)10-17-23(31)29-25(33)30(24(17)32)20-5-3-2-4-19(20)28/h2-12H,13H2,1H3,(H,29,31,33)/b17-10-. The second-order valence-electron chi connectivity index (χ2n) is 7.34. The van der Waals surface area contributed by atoms with Crippen molar-refractivity contribution in [3.8, 4) is 11.5 Å². The van der Waals surface area contributed by atoms with Gasteiger partial charge in [-0.3, -0.25) is 14.9 Å². The number of methoxy groups -OCH3 is 1. The van der Waals surface area contributed by atoms with Crippen LogP contribution in [-0.4, -0.2) is 25.0 Å². The molecule has 4 rings (SSSR count). The zero-order valence-electron chi connectivity index (χ0n) is 18.2. The molecule has 178 valence electrons. The third kappa shape index (κ3) is 5.13. The van der Waals surface area contributed by atoms with Gasteiger partial charge in [0.2, 0.25) is 0 Å². The number of halogens is 3. The number of amides is 4. The van der Waals surface area contributed by atoms with E-state index in [9.17, 15) is 18.8 Å². The molecule has 0 aromatic heterocycles. The number of nitrogens with zero attached hydrogens (tertiary/aromatic N) is 1. The van der Waals surface area contributed by atoms with E-state index >= 15 is 0 Å². The smallest absolute Gasteiger partial charge is 0.336 e. The van der Waals surface area contributed by atoms with Crippen molar-refractivity contribution >= 4 is 52.8 Å². The minimum absolute atomic E-state index is 0.146. The van der Waals surface area contributed by atoms with E-state index in [0.717, 1.165) is 6.07 Å². The summed E-state index contributed by atoms with van der Waals surface area (Å²) in [5.41, 5.74) is 0.513. The van der Waals surface area contributed by atoms with E-state index in [0.29, 0.717) is 37.6 Å². The molecule has 0 atom stereocenters. The number of para-hydroxylation sites is 1. The van der Waals surface area contributed by atoms with Crippen LogP contribution in [0, 0.1) is 5.82 Å². The van der Waals surface area contributed by atoms with Crippen molar-refractivity contribution in [2.45, 2.75) is 6.61 Å². The fourth-order valence-electron chi connectivity index (χ4n) is 3.36. The number of anilines is 1. The first-order chi connectivity index (χ1) is 16.8. The summed E-state index contributed by atoms with van der Waals surface area (Å²) in [6.45, 7) is 0.146. The number of benzene rings is 3. The maximum atomic E-state index is 14.2. The molecular formula is C25H17Cl2FN2O5. The van der Waals surface area contributed by atoms with Crippen LogP contribution in [0.1, 0.15) is 11.1 Å². The van der Waals surface area contributed by atoms with Gasteiger partial charge in [0.05, 0.1) is 12.8 Å². The van der Waals surface area contributed by atoms with Gasteiger partial charge in [-0.2, -0.15) is 0 Å². The molecule has 1 heterocycles. The molecule has 10 heteroatoms. The summed E-state index contributed by atoms with van der Waals surface area (Å²) in [6.07, 6.45) is 1.28. The third-order valence-electron chi connectivity index (χ3n) is 5.09. The van der Waals surface area contributed by atoms with Crippen LogP contribution in [0.5, 0.6) is 11.5 Å². The van der Waals surface area contributed by atoms with E-state index in [1.165, 1.54) is 31.4 Å². The van der Waals surface area contributed by atoms with Gasteiger partial charge in [0.1, 0.15) is 18.0 Å². The third-order valence-corrected chi connectivity index (χ3v) is 5.68. The summed E-state index contributed by atoms with van der Waals surface area (Å²) in [5.74, 6) is -1.92. The molecule has 0 bridgehead atoms. The molecule has 1 aliphatic rings. The summed E-state index contributed by atoms with van der Waals surface area (Å²) in [6, 6.07) is 14.0. The van der Waals surface area contributed by atoms with E-state index in [2.05, 4.69) is 5.32 Å². The Morgan fingerprint density at radius 3 is 2.49 bits per heavy atom. The summed E-state index contributed by atoms with van der Waals surface area (Å²) in [4.78, 5) is 38.2. The van der Waals surface area contributed by atoms with Crippen LogP contribution < -0.4 is 19.7 Å². The molecule has 1 fully saturated rings. The molecule has 4 amide bonds. The van der Waals surface area contributed by atoms with Crippen LogP contribution in [0.3, 0.4) is 0 Å². The van der Waals surface area contributed by atoms with E-state index in [4.69, 9.17) is 32.7 Å². The Morgan fingerprint density at radius 1 is 1.00 bits per heavy atom. The number of ether oxygens (including phenoxy) is 2. The molecule has 0 saturated carbocycles. The molecule has 1 N–H and O–H groups in total. The predicted octanol–water partition coefficient (Wildman–Crippen LogP) is 5.39. The number of nitrogens with one attached hydrogen (secondary N) is 1. The Morgan fingerprint density at radius 2 is 1.77 bits per heavy atom. The molecule has 1 saturated heterocycles. The minimum Gasteiger partial charge on any atom is -0.493 e. The zero-order valence-corrected chi connectivity index (χ0v) is 19.7. The Kier molecular flexibility index (Phi) is 7.04. The molecule has 3 aromatic carbocycles. The Hall–Kier alpha value is -3.88. The lowest BCUT2D eigenvalue weighted by Crippen LogP contribution is -2.54. The lowest BCUT2D eigenvalue weighted by molar-refractivity contribution is -0.122. The molecule has 35 heavy (non-hydrogen) atoms. The number of carbonyl (C=O) groups excluding carboxylic acids is 3. The van der Waals surface area contributed by atoms with Gasteiger partial charge in [0.15, 0.2) is 11.5 Å². The van der Waals surface area contributed by atoms with Crippen LogP contribution >= 0.6 is 23.2 Å². The molecule has 1 aliphatic heterocycles. The van der Waals surface area contributed by atoms with E-state index in [1.54, 1.807) is 36.4 Å². The summed E-state index contributed by atoms with van der Waals surface area (Å²) in [5, 5.41) is 3.02. The number of hydrogen-bond donors (Lipinski definition) is 1. The van der Waals surface area contributed by atoms with Crippen LogP contribution in [0.4, 0.5) is 14.9 Å². The molecule has 0 unspecified atom stereocenters. The fourth-order valence-corrected chi connectivity index (χ4v) is 3.83. The van der Waals surface area contributed by atoms with Crippen molar-refractivity contribution in [2.75, 3.05) is 12.0 Å². The van der Waals surface area contributed by atoms with Crippen molar-refractivity contribution in [2.24, 2.45) is 0 Å². The topological polar surface area (TPSA) is 84.9 Å². The predicted molar refractivity (Wildman–Crippen MR) is 129 cm³/mol. The van der Waals surface area contributed by atoms with Crippen molar-refractivity contribution < 1.29 is 28.2 Å². The number of imide groups is 2. The lowest BCUT2D eigenvalue weighted by Gasteiger charge is -2.26. The number of barbiturate groups is 1. The maximum absolute atomic E-state index is 14.2. The summed E-state index contributed by atoms with van der Waals surface area (Å²) >= 11 is 12.1. The maximum Gasteiger partial charge on any atom is 0.336 e. The molecule has 0 radical (unpaired) electrons. The Bertz CT molecular complexity index is 1380. The number of hydrogen-bond acceptors (Lipinski definition) is 5. The molecule has 7 nitrogen and oxygen atoms in total. The molecule has 0 spiro atoms. The first kappa shape index (κ1) is 24.3. The summed E-state index contributed by atoms with van der Waals surface area (Å²) in [7, 11) is 1.44. The average molecular weight is 515 g/mol. The van der Waals surface area contributed by atoms with Gasteiger partial charge in [0.25, 0.3) is 11.8 Å². The number of carbonyl (C=O) groups is 3. The number of rotatable bonds is 6. The van der Waals surface area contributed by atoms with E-state index < -0.39 is 23.7 Å². The molecular weight excluding hydrogens is 498 g/mol. The first-order valence-corrected chi connectivity index (χ1v) is 10.9. The fraction of sp³-hybridized carbons (Fsp3) is 0.0800. The van der Waals surface area contributed by atoms with Crippen molar-refractivity contribution in [3.63, 3.8) is 0 Å². The van der Waals surface area contributed by atoms with Crippen LogP contribution in [0.2, 0.25) is 10.0 Å². The highest BCUT2D eigenvalue weighted by Gasteiger charge is 2.38. The monoisotopic (exact) mass is 514 g/mol. The van der Waals surface area contributed by atoms with E-state index in [-0.39, 0.29) is 17.9 Å². The molecule has 3 aromatic rings. The second kappa shape index (κ2) is 10.2. The van der Waals surface area contributed by atoms with E-state index in [1.807, 2.05) is 0 Å². The van der Waals surface area contributed by atoms with Crippen molar-refractivity contribution in [1.29, 1.82) is 0 Å². The van der Waals surface area contributed by atoms with Gasteiger partial charge in [-0.25, -0.2) is 14.1 Å². The Labute approximate surface area is 209 Å². The highest BCUT2D eigenvalue weighted by atomic mass is 35.5. The minimum atomic E-state index is -1.04. The SMILES string of the molecule is COc1cc(/C=C2/C(=O)NC(=O)N(c3ccccc3F)C2=O)ccc1OCc1ccc(Cl)cc1Cl. The highest BCUT2D eigenvalue weighted by Crippen LogP contribution is 2.32. The summed E-state index contributed by atoms with van der Waals surface area (Å²) < 4.78 is 25.4. The Balaban J connectivity index is 1.60. The van der Waals surface area contributed by atoms with Gasteiger partial charge >= 0.3 is 6.03 Å². The van der Waals surface area contributed by atoms with Crippen LogP contribution in [0.25, 0.3) is 6.08 Å². The zero-order chi connectivity index (χ0) is 25.1. The van der Waals surface area contributed by atoms with Crippen molar-refractivity contribution in [1.82, 2.24) is 5.32 Å². The van der Waals surface area contributed by atoms with Gasteiger partial charge in [-0.05, 0) is 48.0 Å². The molecule has 0 aliphatic carbocycles. The van der Waals surface area contributed by atoms with Gasteiger partial charge in [-0.15, -0.1) is 0 Å². The van der Waals surface area contributed by atoms with Gasteiger partial charge in [0, 0.05) is 15.6 Å². The largest absolute Gasteiger partial charge is 0.493 e. The quantitative estimate of drug-likeness (QED) is 0.352. The van der Waals surface area contributed by atoms with Crippen LogP contribution in [-0.2, 0) is 16.2 Å². The number of urea groups is 1. The van der Waals surface area contributed by atoms with Crippen molar-refractivity contribution in [3.05, 3.63) is 93.2 Å². The highest BCUT2D eigenvalue weighted by molar-refractivity contribution is 6.39. The lowest BCUT2D eigenvalue weighted by atomic mass is 10.1. The van der Waals surface area contributed by atoms with Gasteiger partial charge < -0.3 is 9.47 Å². The second-order valence-corrected chi connectivity index (χ2v) is 8.19.